The van der Waals surface area contributed by atoms with Gasteiger partial charge >= 0.3 is 0 Å². The van der Waals surface area contributed by atoms with Crippen molar-refractivity contribution in [2.75, 3.05) is 5.88 Å². The Morgan fingerprint density at radius 2 is 2.50 bits per heavy atom. The summed E-state index contributed by atoms with van der Waals surface area (Å²) in [7, 11) is 0. The Kier molecular flexibility index (Phi) is 3.22. The minimum Gasteiger partial charge on any atom is -0.468 e. The van der Waals surface area contributed by atoms with E-state index in [1.54, 1.807) is 18.0 Å². The summed E-state index contributed by atoms with van der Waals surface area (Å²) in [5.74, 6) is 1.48. The molecular formula is C8H11NO2S. The van der Waals surface area contributed by atoms with Crippen molar-refractivity contribution >= 4 is 17.7 Å². The van der Waals surface area contributed by atoms with E-state index in [1.165, 1.54) is 6.92 Å². The third kappa shape index (κ3) is 2.62. The van der Waals surface area contributed by atoms with Crippen LogP contribution in [0.15, 0.2) is 21.6 Å². The van der Waals surface area contributed by atoms with Crippen LogP contribution in [0.3, 0.4) is 0 Å². The molecule has 0 bridgehead atoms. The maximum atomic E-state index is 10.5. The van der Waals surface area contributed by atoms with Gasteiger partial charge in [0.15, 0.2) is 0 Å². The van der Waals surface area contributed by atoms with Gasteiger partial charge in [-0.05, 0) is 13.0 Å². The minimum absolute atomic E-state index is 0.0105. The molecule has 1 aromatic rings. The Balaban J connectivity index is 2.33. The van der Waals surface area contributed by atoms with Gasteiger partial charge in [-0.3, -0.25) is 4.79 Å². The molecule has 1 heterocycles. The summed E-state index contributed by atoms with van der Waals surface area (Å²) in [5.41, 5.74) is 0. The second kappa shape index (κ2) is 4.21. The van der Waals surface area contributed by atoms with Crippen molar-refractivity contribution in [3.05, 3.63) is 18.1 Å². The van der Waals surface area contributed by atoms with Crippen LogP contribution in [0.25, 0.3) is 0 Å². The molecule has 0 aliphatic rings. The van der Waals surface area contributed by atoms with Crippen molar-refractivity contribution in [3.63, 3.8) is 0 Å². The normalized spacial score (nSPS) is 9.83. The molecule has 12 heavy (non-hydrogen) atoms. The molecule has 1 N–H and O–H groups in total. The number of hydrogen-bond donors (Lipinski definition) is 1. The lowest BCUT2D eigenvalue weighted by atomic mass is 10.5. The Morgan fingerprint density at radius 3 is 3.00 bits per heavy atom. The molecule has 0 saturated carbocycles. The fourth-order valence-electron chi connectivity index (χ4n) is 0.739. The van der Waals surface area contributed by atoms with Crippen LogP contribution in [0.5, 0.6) is 0 Å². The molecule has 1 amide bonds. The second-order valence-electron chi connectivity index (χ2n) is 2.36. The molecule has 1 aromatic heterocycles. The van der Waals surface area contributed by atoms with Gasteiger partial charge < -0.3 is 9.73 Å². The number of carbonyl (C=O) groups excluding carboxylic acids is 1. The van der Waals surface area contributed by atoms with Crippen LogP contribution in [0.1, 0.15) is 12.7 Å². The highest BCUT2D eigenvalue weighted by atomic mass is 32.2. The van der Waals surface area contributed by atoms with E-state index in [0.29, 0.717) is 5.88 Å². The summed E-state index contributed by atoms with van der Waals surface area (Å²) < 4.78 is 5.09. The summed E-state index contributed by atoms with van der Waals surface area (Å²) in [6.45, 7) is 3.40. The summed E-state index contributed by atoms with van der Waals surface area (Å²) in [6, 6.07) is 1.89. The fourth-order valence-corrected chi connectivity index (χ4v) is 1.57. The van der Waals surface area contributed by atoms with Crippen LogP contribution < -0.4 is 5.32 Å². The highest BCUT2D eigenvalue weighted by molar-refractivity contribution is 7.99. The average molecular weight is 185 g/mol. The molecule has 66 valence electrons. The molecule has 3 nitrogen and oxygen atoms in total. The highest BCUT2D eigenvalue weighted by Gasteiger charge is 2.00. The van der Waals surface area contributed by atoms with Gasteiger partial charge in [0.05, 0.1) is 17.0 Å². The molecule has 4 heteroatoms. The van der Waals surface area contributed by atoms with Crippen molar-refractivity contribution in [1.29, 1.82) is 0 Å². The molecule has 0 aliphatic heterocycles. The SMILES string of the molecule is CC(=O)NCSc1ccoc1C. The summed E-state index contributed by atoms with van der Waals surface area (Å²) in [6.07, 6.45) is 1.64. The highest BCUT2D eigenvalue weighted by Crippen LogP contribution is 2.21. The summed E-state index contributed by atoms with van der Waals surface area (Å²) in [4.78, 5) is 11.6. The Morgan fingerprint density at radius 1 is 1.75 bits per heavy atom. The first-order chi connectivity index (χ1) is 5.70. The molecule has 0 fully saturated rings. The maximum absolute atomic E-state index is 10.5. The van der Waals surface area contributed by atoms with Crippen LogP contribution in [-0.4, -0.2) is 11.8 Å². The lowest BCUT2D eigenvalue weighted by Gasteiger charge is -1.99. The van der Waals surface area contributed by atoms with Crippen LogP contribution >= 0.6 is 11.8 Å². The molecule has 0 aromatic carbocycles. The fraction of sp³-hybridized carbons (Fsp3) is 0.375. The molecule has 0 unspecified atom stereocenters. The first-order valence-electron chi connectivity index (χ1n) is 3.61. The Bertz CT molecular complexity index is 270. The van der Waals surface area contributed by atoms with Crippen molar-refractivity contribution < 1.29 is 9.21 Å². The quantitative estimate of drug-likeness (QED) is 0.576. The van der Waals surface area contributed by atoms with E-state index < -0.39 is 0 Å². The van der Waals surface area contributed by atoms with Gasteiger partial charge in [0.2, 0.25) is 5.91 Å². The monoisotopic (exact) mass is 185 g/mol. The molecule has 0 aliphatic carbocycles. The number of hydrogen-bond acceptors (Lipinski definition) is 3. The molecule has 1 rings (SSSR count). The number of furan rings is 1. The predicted octanol–water partition coefficient (Wildman–Crippen LogP) is 1.77. The van der Waals surface area contributed by atoms with E-state index in [4.69, 9.17) is 4.42 Å². The minimum atomic E-state index is -0.0105. The van der Waals surface area contributed by atoms with Crippen molar-refractivity contribution in [1.82, 2.24) is 5.32 Å². The lowest BCUT2D eigenvalue weighted by Crippen LogP contribution is -2.18. The molecule has 0 saturated heterocycles. The van der Waals surface area contributed by atoms with Crippen LogP contribution in [0, 0.1) is 6.92 Å². The van der Waals surface area contributed by atoms with Crippen LogP contribution in [0.2, 0.25) is 0 Å². The molecular weight excluding hydrogens is 174 g/mol. The summed E-state index contributed by atoms with van der Waals surface area (Å²) >= 11 is 1.56. The van der Waals surface area contributed by atoms with Crippen LogP contribution in [-0.2, 0) is 4.79 Å². The molecule has 0 atom stereocenters. The third-order valence-corrected chi connectivity index (χ3v) is 2.38. The van der Waals surface area contributed by atoms with Gasteiger partial charge in [-0.15, -0.1) is 11.8 Å². The van der Waals surface area contributed by atoms with E-state index in [2.05, 4.69) is 5.32 Å². The predicted molar refractivity (Wildman–Crippen MR) is 48.0 cm³/mol. The van der Waals surface area contributed by atoms with Gasteiger partial charge in [-0.1, -0.05) is 0 Å². The van der Waals surface area contributed by atoms with Gasteiger partial charge in [-0.25, -0.2) is 0 Å². The average Bonchev–Trinajstić information content (AvgIpc) is 2.36. The number of carbonyl (C=O) groups is 1. The zero-order chi connectivity index (χ0) is 8.97. The van der Waals surface area contributed by atoms with Gasteiger partial charge in [0.1, 0.15) is 5.76 Å². The Hall–Kier alpha value is -0.900. The first-order valence-corrected chi connectivity index (χ1v) is 4.60. The van der Waals surface area contributed by atoms with Crippen molar-refractivity contribution in [3.8, 4) is 0 Å². The van der Waals surface area contributed by atoms with Crippen molar-refractivity contribution in [2.45, 2.75) is 18.7 Å². The van der Waals surface area contributed by atoms with E-state index in [9.17, 15) is 4.79 Å². The van der Waals surface area contributed by atoms with Gasteiger partial charge in [-0.2, -0.15) is 0 Å². The third-order valence-electron chi connectivity index (χ3n) is 1.36. The molecule has 0 spiro atoms. The standard InChI is InChI=1S/C8H11NO2S/c1-6-8(3-4-11-6)12-5-9-7(2)10/h3-4H,5H2,1-2H3,(H,9,10). The zero-order valence-electron chi connectivity index (χ0n) is 7.09. The number of aryl methyl sites for hydroxylation is 1. The largest absolute Gasteiger partial charge is 0.468 e. The van der Waals surface area contributed by atoms with E-state index >= 15 is 0 Å². The number of thioether (sulfide) groups is 1. The van der Waals surface area contributed by atoms with E-state index in [1.807, 2.05) is 13.0 Å². The number of rotatable bonds is 3. The maximum Gasteiger partial charge on any atom is 0.217 e. The lowest BCUT2D eigenvalue weighted by molar-refractivity contribution is -0.118. The van der Waals surface area contributed by atoms with Crippen molar-refractivity contribution in [2.24, 2.45) is 0 Å². The zero-order valence-corrected chi connectivity index (χ0v) is 7.90. The molecule has 0 radical (unpaired) electrons. The van der Waals surface area contributed by atoms with Gasteiger partial charge in [0, 0.05) is 6.92 Å². The second-order valence-corrected chi connectivity index (χ2v) is 3.38. The van der Waals surface area contributed by atoms with E-state index in [0.717, 1.165) is 10.7 Å². The first kappa shape index (κ1) is 9.19. The topological polar surface area (TPSA) is 42.2 Å². The van der Waals surface area contributed by atoms with E-state index in [-0.39, 0.29) is 5.91 Å². The number of nitrogens with one attached hydrogen (secondary N) is 1. The smallest absolute Gasteiger partial charge is 0.217 e. The van der Waals surface area contributed by atoms with Gasteiger partial charge in [0.25, 0.3) is 0 Å². The summed E-state index contributed by atoms with van der Waals surface area (Å²) in [5, 5.41) is 2.69. The van der Waals surface area contributed by atoms with Crippen LogP contribution in [0.4, 0.5) is 0 Å². The number of amides is 1. The Labute approximate surface area is 75.5 Å².